The summed E-state index contributed by atoms with van der Waals surface area (Å²) in [5.74, 6) is 0.0619. The highest BCUT2D eigenvalue weighted by Crippen LogP contribution is 2.22. The van der Waals surface area contributed by atoms with Gasteiger partial charge < -0.3 is 77.3 Å². The summed E-state index contributed by atoms with van der Waals surface area (Å²) in [6.07, 6.45) is 18.7. The number of unbranched alkanes of at least 4 members (excludes halogenated alkanes) is 2. The van der Waals surface area contributed by atoms with Crippen LogP contribution in [0.4, 0.5) is 8.78 Å². The van der Waals surface area contributed by atoms with Crippen molar-refractivity contribution in [2.24, 2.45) is 69.0 Å². The topological polar surface area (TPSA) is 346 Å². The summed E-state index contributed by atoms with van der Waals surface area (Å²) in [5.41, 5.74) is 63.3. The first-order chi connectivity index (χ1) is 36.6. The summed E-state index contributed by atoms with van der Waals surface area (Å²) in [5, 5.41) is 7.83. The van der Waals surface area contributed by atoms with E-state index in [0.717, 1.165) is 67.7 Å². The van der Waals surface area contributed by atoms with Crippen LogP contribution in [-0.2, 0) is 31.0 Å². The van der Waals surface area contributed by atoms with Crippen molar-refractivity contribution in [2.45, 2.75) is 149 Å². The average Bonchev–Trinajstić information content (AvgIpc) is 4.18. The first-order valence-electron chi connectivity index (χ1n) is 26.8. The lowest BCUT2D eigenvalue weighted by Gasteiger charge is -2.18. The van der Waals surface area contributed by atoms with E-state index >= 15 is 0 Å². The molecule has 23 N–H and O–H groups in total. The second-order valence-electron chi connectivity index (χ2n) is 17.8. The molecule has 17 heteroatoms. The molecule has 0 bridgehead atoms. The van der Waals surface area contributed by atoms with Crippen LogP contribution in [0.2, 0.25) is 0 Å². The zero-order chi connectivity index (χ0) is 57.6. The molecule has 0 aliphatic heterocycles. The lowest BCUT2D eigenvalue weighted by atomic mass is 9.90. The Morgan fingerprint density at radius 3 is 1.49 bits per heavy atom. The van der Waals surface area contributed by atoms with Crippen LogP contribution in [0, 0.1) is 24.5 Å². The van der Waals surface area contributed by atoms with E-state index in [-0.39, 0.29) is 25.6 Å². The van der Waals surface area contributed by atoms with E-state index in [9.17, 15) is 13.6 Å². The van der Waals surface area contributed by atoms with E-state index in [1.165, 1.54) is 99.8 Å². The number of benzene rings is 4. The van der Waals surface area contributed by atoms with E-state index in [2.05, 4.69) is 13.0 Å². The van der Waals surface area contributed by atoms with Gasteiger partial charge in [-0.3, -0.25) is 4.79 Å². The Balaban J connectivity index is -0.000000786. The zero-order valence-corrected chi connectivity index (χ0v) is 46.7. The van der Waals surface area contributed by atoms with Gasteiger partial charge in [0.25, 0.3) is 0 Å². The lowest BCUT2D eigenvalue weighted by molar-refractivity contribution is -0.136. The van der Waals surface area contributed by atoms with E-state index in [4.69, 9.17) is 77.3 Å². The fraction of sp³-hybridized carbons (Fsp3) is 0.508. The quantitative estimate of drug-likeness (QED) is 0.0462. The van der Waals surface area contributed by atoms with Gasteiger partial charge in [-0.25, -0.2) is 8.78 Å². The van der Waals surface area contributed by atoms with Crippen molar-refractivity contribution in [2.75, 3.05) is 39.8 Å². The summed E-state index contributed by atoms with van der Waals surface area (Å²) in [6, 6.07) is 34.0. The number of hydrogen-bond acceptors (Lipinski definition) is 14. The van der Waals surface area contributed by atoms with E-state index in [0.29, 0.717) is 31.2 Å². The van der Waals surface area contributed by atoms with Gasteiger partial charge >= 0.3 is 5.97 Å². The fourth-order valence-electron chi connectivity index (χ4n) is 6.54. The van der Waals surface area contributed by atoms with Gasteiger partial charge in [0.05, 0.1) is 26.3 Å². The summed E-state index contributed by atoms with van der Waals surface area (Å²) in [4.78, 5) is 9.52. The van der Waals surface area contributed by atoms with Gasteiger partial charge in [-0.2, -0.15) is 0 Å². The Bertz CT molecular complexity index is 1950. The molecule has 1 heterocycles. The number of rotatable bonds is 14. The van der Waals surface area contributed by atoms with Crippen LogP contribution in [0.1, 0.15) is 143 Å². The van der Waals surface area contributed by atoms with Crippen molar-refractivity contribution < 1.29 is 27.8 Å². The Morgan fingerprint density at radius 2 is 1.18 bits per heavy atom. The summed E-state index contributed by atoms with van der Waals surface area (Å²) in [6.45, 7) is 11.6. The molecule has 2 fully saturated rings. The molecule has 1 aromatic heterocycles. The summed E-state index contributed by atoms with van der Waals surface area (Å²) in [7, 11) is 1.66. The monoisotopic (exact) mass is 1070 g/mol. The molecule has 76 heavy (non-hydrogen) atoms. The minimum absolute atomic E-state index is 0.0694. The Morgan fingerprint density at radius 1 is 0.632 bits per heavy atom. The van der Waals surface area contributed by atoms with E-state index in [1.807, 2.05) is 98.8 Å². The third-order valence-corrected chi connectivity index (χ3v) is 11.0. The van der Waals surface area contributed by atoms with Crippen LogP contribution in [0.3, 0.4) is 0 Å². The summed E-state index contributed by atoms with van der Waals surface area (Å²) >= 11 is 0. The maximum Gasteiger partial charge on any atom is 0.304 e. The third kappa shape index (κ3) is 47.3. The molecule has 15 nitrogen and oxygen atoms in total. The molecular weight excluding hydrogens is 965 g/mol. The molecule has 4 aromatic carbocycles. The SMILES string of the molecule is CCCCCN.COc1cc(C)cc(CN)c1.C[C@H](N)c1ccccc1.NC1CCCC1.NCC1CCCCC1.NCCC(=O)O.NCCCN.NCc1ccc(F)c(F)c1.NCc1ccccc1.NCc1ccco1. The van der Waals surface area contributed by atoms with Crippen LogP contribution in [0.15, 0.2) is 120 Å². The van der Waals surface area contributed by atoms with Gasteiger partial charge in [0.2, 0.25) is 0 Å². The van der Waals surface area contributed by atoms with Crippen LogP contribution in [0.5, 0.6) is 5.75 Å². The molecule has 0 unspecified atom stereocenters. The van der Waals surface area contributed by atoms with E-state index in [1.54, 1.807) is 13.4 Å². The number of hydrogen-bond donors (Lipinski definition) is 12. The number of nitrogens with two attached hydrogens (primary N) is 11. The Kier molecular flexibility index (Phi) is 54.0. The molecule has 2 aliphatic rings. The third-order valence-electron chi connectivity index (χ3n) is 11.0. The zero-order valence-electron chi connectivity index (χ0n) is 46.7. The predicted octanol–water partition coefficient (Wildman–Crippen LogP) is 8.74. The maximum atomic E-state index is 12.3. The summed E-state index contributed by atoms with van der Waals surface area (Å²) < 4.78 is 34.5. The number of aryl methyl sites for hydroxylation is 1. The van der Waals surface area contributed by atoms with Gasteiger partial charge in [-0.1, -0.05) is 125 Å². The van der Waals surface area contributed by atoms with Crippen LogP contribution in [0.25, 0.3) is 0 Å². The first kappa shape index (κ1) is 75.1. The largest absolute Gasteiger partial charge is 0.497 e. The average molecular weight is 1070 g/mol. The fourth-order valence-corrected chi connectivity index (χ4v) is 6.54. The normalized spacial score (nSPS) is 12.5. The molecule has 0 saturated heterocycles. The Labute approximate surface area is 456 Å². The van der Waals surface area contributed by atoms with Crippen molar-refractivity contribution in [3.05, 3.63) is 161 Å². The number of ether oxygens (including phenoxy) is 1. The number of halogens is 2. The van der Waals surface area contributed by atoms with Gasteiger partial charge in [-0.15, -0.1) is 0 Å². The second-order valence-corrected chi connectivity index (χ2v) is 17.8. The van der Waals surface area contributed by atoms with E-state index < -0.39 is 17.6 Å². The second kappa shape index (κ2) is 54.6. The van der Waals surface area contributed by atoms with Crippen LogP contribution < -0.4 is 67.8 Å². The Hall–Kier alpha value is -5.15. The minimum atomic E-state index is -0.844. The molecule has 0 spiro atoms. The maximum absolute atomic E-state index is 12.3. The molecule has 0 radical (unpaired) electrons. The lowest BCUT2D eigenvalue weighted by Crippen LogP contribution is -2.16. The highest BCUT2D eigenvalue weighted by atomic mass is 19.2. The molecule has 2 aliphatic carbocycles. The van der Waals surface area contributed by atoms with Crippen molar-refractivity contribution in [1.82, 2.24) is 0 Å². The molecule has 0 amide bonds. The predicted molar refractivity (Wildman–Crippen MR) is 315 cm³/mol. The molecular formula is C59H103F2N11O4. The van der Waals surface area contributed by atoms with Gasteiger partial charge in [0.15, 0.2) is 11.6 Å². The van der Waals surface area contributed by atoms with Crippen LogP contribution >= 0.6 is 0 Å². The smallest absolute Gasteiger partial charge is 0.304 e. The molecule has 7 rings (SSSR count). The van der Waals surface area contributed by atoms with Gasteiger partial charge in [0.1, 0.15) is 11.5 Å². The van der Waals surface area contributed by atoms with Crippen LogP contribution in [-0.4, -0.2) is 57.0 Å². The number of carboxylic acid groups (broad SMARTS) is 1. The molecule has 432 valence electrons. The number of aliphatic carboxylic acids is 1. The highest BCUT2D eigenvalue weighted by Gasteiger charge is 2.10. The number of furan rings is 1. The van der Waals surface area contributed by atoms with Crippen molar-refractivity contribution in [1.29, 1.82) is 0 Å². The number of carboxylic acids is 1. The van der Waals surface area contributed by atoms with Crippen molar-refractivity contribution >= 4 is 5.97 Å². The standard InChI is InChI=1S/C9H13NO.C8H11N.C7H7F2N.C7H15N.C7H9N.C5H7NO.C5H11N.C5H13N.C3H10N2.C3H7NO2/c1-7-3-8(6-10)5-9(4-7)11-2;1-7(9)8-5-3-2-4-6-8;8-6-2-1-5(4-10)3-7(6)9;2*8-6-7-4-2-1-3-5-7;6-4-5-2-1-3-7-5;6-5-3-1-2-4-5;1-2-3-4-5-6;4-2-1-3-5;4-2-1-3(5)6/h3-5H,6,10H2,1-2H3;2-7H,9H2,1H3;1-3H,4,10H2;7H,1-6,8H2;1-5H,6,8H2;1-3H,4,6H2;5H,1-4,6H2;2-6H2,1H3;1-5H2;1-2,4H2,(H,5,6)/t;7-;;;;;;;;/m.0......../s1. The molecule has 1 atom stereocenters. The number of methoxy groups -OCH3 is 1. The highest BCUT2D eigenvalue weighted by molar-refractivity contribution is 5.66. The minimum Gasteiger partial charge on any atom is -0.497 e. The first-order valence-corrected chi connectivity index (χ1v) is 26.8. The molecule has 2 saturated carbocycles. The van der Waals surface area contributed by atoms with Gasteiger partial charge in [0, 0.05) is 38.3 Å². The van der Waals surface area contributed by atoms with Crippen molar-refractivity contribution in [3.63, 3.8) is 0 Å². The van der Waals surface area contributed by atoms with Gasteiger partial charge in [-0.05, 0) is 149 Å². The van der Waals surface area contributed by atoms with Crippen molar-refractivity contribution in [3.8, 4) is 5.75 Å². The molecule has 5 aromatic rings. The number of carbonyl (C=O) groups is 1.